The molecule has 112 valence electrons. The van der Waals surface area contributed by atoms with Crippen LogP contribution in [0.15, 0.2) is 35.8 Å². The molecule has 0 spiro atoms. The molecular formula is C16H20N2O2S. The van der Waals surface area contributed by atoms with Gasteiger partial charge in [0.05, 0.1) is 25.2 Å². The number of aromatic nitrogens is 1. The molecule has 0 N–H and O–H groups in total. The van der Waals surface area contributed by atoms with Gasteiger partial charge in [0.2, 0.25) is 5.91 Å². The second-order valence-electron chi connectivity index (χ2n) is 5.40. The van der Waals surface area contributed by atoms with Crippen molar-refractivity contribution in [3.05, 3.63) is 46.4 Å². The standard InChI is InChI=1S/C16H20N2O2S/c1-12(15-6-4-10-21-15)16(19)18-8-9-20-11-14(18)13-5-3-7-17(13)2/h3-7,10,12,14H,8-9,11H2,1-2H3. The molecule has 3 heterocycles. The van der Waals surface area contributed by atoms with Crippen LogP contribution in [0.1, 0.15) is 29.5 Å². The van der Waals surface area contributed by atoms with Gasteiger partial charge in [-0.2, -0.15) is 0 Å². The molecule has 0 aromatic carbocycles. The summed E-state index contributed by atoms with van der Waals surface area (Å²) in [5.74, 6) is 0.0952. The monoisotopic (exact) mass is 304 g/mol. The fraction of sp³-hybridized carbons (Fsp3) is 0.438. The highest BCUT2D eigenvalue weighted by molar-refractivity contribution is 7.10. The Hall–Kier alpha value is -1.59. The minimum absolute atomic E-state index is 0.00802. The fourth-order valence-corrected chi connectivity index (χ4v) is 3.62. The largest absolute Gasteiger partial charge is 0.377 e. The molecule has 1 saturated heterocycles. The first kappa shape index (κ1) is 14.4. The van der Waals surface area contributed by atoms with Gasteiger partial charge < -0.3 is 14.2 Å². The maximum atomic E-state index is 12.9. The predicted molar refractivity (Wildman–Crippen MR) is 83.4 cm³/mol. The lowest BCUT2D eigenvalue weighted by molar-refractivity contribution is -0.141. The summed E-state index contributed by atoms with van der Waals surface area (Å²) in [7, 11) is 2.01. The molecule has 2 aromatic rings. The topological polar surface area (TPSA) is 34.5 Å². The summed E-state index contributed by atoms with van der Waals surface area (Å²) in [4.78, 5) is 16.0. The van der Waals surface area contributed by atoms with Gasteiger partial charge in [-0.25, -0.2) is 0 Å². The fourth-order valence-electron chi connectivity index (χ4n) is 2.84. The van der Waals surface area contributed by atoms with Crippen LogP contribution in [0.5, 0.6) is 0 Å². The Labute approximate surface area is 128 Å². The maximum absolute atomic E-state index is 12.9. The summed E-state index contributed by atoms with van der Waals surface area (Å²) in [6.07, 6.45) is 2.01. The number of hydrogen-bond donors (Lipinski definition) is 0. The third-order valence-electron chi connectivity index (χ3n) is 4.08. The molecule has 21 heavy (non-hydrogen) atoms. The Morgan fingerprint density at radius 1 is 1.43 bits per heavy atom. The van der Waals surface area contributed by atoms with E-state index in [0.29, 0.717) is 19.8 Å². The van der Waals surface area contributed by atoms with Crippen LogP contribution in [-0.4, -0.2) is 35.1 Å². The highest BCUT2D eigenvalue weighted by atomic mass is 32.1. The summed E-state index contributed by atoms with van der Waals surface area (Å²) >= 11 is 1.64. The summed E-state index contributed by atoms with van der Waals surface area (Å²) in [5.41, 5.74) is 1.13. The number of thiophene rings is 1. The molecule has 0 radical (unpaired) electrons. The molecule has 1 fully saturated rings. The van der Waals surface area contributed by atoms with Gasteiger partial charge in [0.25, 0.3) is 0 Å². The Bertz CT molecular complexity index is 606. The van der Waals surface area contributed by atoms with Crippen LogP contribution in [-0.2, 0) is 16.6 Å². The number of rotatable bonds is 3. The summed E-state index contributed by atoms with van der Waals surface area (Å²) in [6.45, 7) is 3.83. The number of morpholine rings is 1. The van der Waals surface area contributed by atoms with Gasteiger partial charge in [0.1, 0.15) is 0 Å². The smallest absolute Gasteiger partial charge is 0.231 e. The van der Waals surface area contributed by atoms with Crippen molar-refractivity contribution in [3.8, 4) is 0 Å². The Balaban J connectivity index is 1.84. The van der Waals surface area contributed by atoms with E-state index >= 15 is 0 Å². The second kappa shape index (κ2) is 6.03. The molecule has 2 unspecified atom stereocenters. The first-order chi connectivity index (χ1) is 10.2. The lowest BCUT2D eigenvalue weighted by Gasteiger charge is -2.37. The van der Waals surface area contributed by atoms with Crippen molar-refractivity contribution in [1.82, 2.24) is 9.47 Å². The molecule has 4 nitrogen and oxygen atoms in total. The zero-order chi connectivity index (χ0) is 14.8. The summed E-state index contributed by atoms with van der Waals surface area (Å²) < 4.78 is 7.67. The molecule has 2 aromatic heterocycles. The van der Waals surface area contributed by atoms with Crippen LogP contribution in [0, 0.1) is 0 Å². The number of amides is 1. The minimum Gasteiger partial charge on any atom is -0.377 e. The Kier molecular flexibility index (Phi) is 4.12. The number of aryl methyl sites for hydroxylation is 1. The van der Waals surface area contributed by atoms with Gasteiger partial charge in [0, 0.05) is 30.4 Å². The maximum Gasteiger partial charge on any atom is 0.231 e. The van der Waals surface area contributed by atoms with Crippen LogP contribution in [0.3, 0.4) is 0 Å². The van der Waals surface area contributed by atoms with Crippen molar-refractivity contribution >= 4 is 17.2 Å². The first-order valence-corrected chi connectivity index (χ1v) is 8.09. The molecule has 1 amide bonds. The normalized spacial score (nSPS) is 20.5. The highest BCUT2D eigenvalue weighted by Crippen LogP contribution is 2.30. The van der Waals surface area contributed by atoms with Crippen LogP contribution >= 0.6 is 11.3 Å². The molecular weight excluding hydrogens is 284 g/mol. The van der Waals surface area contributed by atoms with Gasteiger partial charge >= 0.3 is 0 Å². The quantitative estimate of drug-likeness (QED) is 0.874. The van der Waals surface area contributed by atoms with E-state index in [4.69, 9.17) is 4.74 Å². The van der Waals surface area contributed by atoms with Gasteiger partial charge in [-0.3, -0.25) is 4.79 Å². The molecule has 1 aliphatic heterocycles. The van der Waals surface area contributed by atoms with E-state index in [-0.39, 0.29) is 17.9 Å². The molecule has 5 heteroatoms. The van der Waals surface area contributed by atoms with Crippen molar-refractivity contribution < 1.29 is 9.53 Å². The second-order valence-corrected chi connectivity index (χ2v) is 6.38. The van der Waals surface area contributed by atoms with Crippen molar-refractivity contribution in [2.75, 3.05) is 19.8 Å². The molecule has 2 atom stereocenters. The zero-order valence-corrected chi connectivity index (χ0v) is 13.2. The first-order valence-electron chi connectivity index (χ1n) is 7.21. The lowest BCUT2D eigenvalue weighted by Crippen LogP contribution is -2.45. The van der Waals surface area contributed by atoms with Crippen LogP contribution in [0.25, 0.3) is 0 Å². The van der Waals surface area contributed by atoms with Gasteiger partial charge in [0.15, 0.2) is 0 Å². The number of hydrogen-bond acceptors (Lipinski definition) is 3. The minimum atomic E-state index is -0.0918. The van der Waals surface area contributed by atoms with Crippen molar-refractivity contribution in [2.24, 2.45) is 7.05 Å². The van der Waals surface area contributed by atoms with Crippen molar-refractivity contribution in [3.63, 3.8) is 0 Å². The van der Waals surface area contributed by atoms with E-state index in [1.807, 2.05) is 48.6 Å². The summed E-state index contributed by atoms with van der Waals surface area (Å²) in [6, 6.07) is 8.11. The van der Waals surface area contributed by atoms with Crippen molar-refractivity contribution in [1.29, 1.82) is 0 Å². The average molecular weight is 304 g/mol. The molecule has 0 bridgehead atoms. The Morgan fingerprint density at radius 3 is 2.95 bits per heavy atom. The average Bonchev–Trinajstić information content (AvgIpc) is 3.17. The molecule has 0 aliphatic carbocycles. The van der Waals surface area contributed by atoms with Crippen LogP contribution < -0.4 is 0 Å². The third kappa shape index (κ3) is 2.76. The molecule has 1 aliphatic rings. The zero-order valence-electron chi connectivity index (χ0n) is 12.4. The lowest BCUT2D eigenvalue weighted by atomic mass is 10.0. The molecule has 3 rings (SSSR count). The van der Waals surface area contributed by atoms with E-state index < -0.39 is 0 Å². The predicted octanol–water partition coefficient (Wildman–Crippen LogP) is 2.79. The van der Waals surface area contributed by atoms with E-state index in [2.05, 4.69) is 10.6 Å². The van der Waals surface area contributed by atoms with Crippen LogP contribution in [0.2, 0.25) is 0 Å². The summed E-state index contributed by atoms with van der Waals surface area (Å²) in [5, 5.41) is 2.02. The van der Waals surface area contributed by atoms with E-state index in [0.717, 1.165) is 10.6 Å². The van der Waals surface area contributed by atoms with E-state index in [1.165, 1.54) is 0 Å². The number of ether oxygens (including phenoxy) is 1. The van der Waals surface area contributed by atoms with Crippen molar-refractivity contribution in [2.45, 2.75) is 18.9 Å². The van der Waals surface area contributed by atoms with Gasteiger partial charge in [-0.15, -0.1) is 11.3 Å². The molecule has 0 saturated carbocycles. The number of carbonyl (C=O) groups is 1. The Morgan fingerprint density at radius 2 is 2.29 bits per heavy atom. The van der Waals surface area contributed by atoms with Gasteiger partial charge in [-0.1, -0.05) is 6.07 Å². The number of carbonyl (C=O) groups excluding carboxylic acids is 1. The van der Waals surface area contributed by atoms with E-state index in [1.54, 1.807) is 11.3 Å². The number of nitrogens with zero attached hydrogens (tertiary/aromatic N) is 2. The van der Waals surface area contributed by atoms with E-state index in [9.17, 15) is 4.79 Å². The SMILES string of the molecule is CC(C(=O)N1CCOCC1c1cccn1C)c1cccs1. The highest BCUT2D eigenvalue weighted by Gasteiger charge is 2.33. The third-order valence-corrected chi connectivity index (χ3v) is 5.13. The van der Waals surface area contributed by atoms with Crippen LogP contribution in [0.4, 0.5) is 0 Å². The van der Waals surface area contributed by atoms with Gasteiger partial charge in [-0.05, 0) is 30.5 Å².